The monoisotopic (exact) mass is 184 g/mol. The summed E-state index contributed by atoms with van der Waals surface area (Å²) in [6, 6.07) is 0. The van der Waals surface area contributed by atoms with Gasteiger partial charge in [0.15, 0.2) is 0 Å². The SMILES string of the molecule is OC1CC2CC1CC2CCC=S. The molecule has 2 aliphatic rings. The Bertz CT molecular complexity index is 179. The third-order valence-electron chi connectivity index (χ3n) is 3.62. The fourth-order valence-electron chi connectivity index (χ4n) is 3.00. The first-order valence-corrected chi connectivity index (χ1v) is 5.40. The molecular weight excluding hydrogens is 168 g/mol. The van der Waals surface area contributed by atoms with Crippen molar-refractivity contribution in [1.82, 2.24) is 0 Å². The van der Waals surface area contributed by atoms with Crippen molar-refractivity contribution in [2.45, 2.75) is 38.2 Å². The summed E-state index contributed by atoms with van der Waals surface area (Å²) >= 11 is 4.82. The Morgan fingerprint density at radius 2 is 2.08 bits per heavy atom. The number of aliphatic hydroxyl groups is 1. The van der Waals surface area contributed by atoms with Crippen molar-refractivity contribution in [2.75, 3.05) is 0 Å². The molecule has 0 radical (unpaired) electrons. The summed E-state index contributed by atoms with van der Waals surface area (Å²) < 4.78 is 0. The summed E-state index contributed by atoms with van der Waals surface area (Å²) in [5.74, 6) is 2.32. The summed E-state index contributed by atoms with van der Waals surface area (Å²) in [5.41, 5.74) is 0. The summed E-state index contributed by atoms with van der Waals surface area (Å²) in [5, 5.41) is 11.4. The predicted molar refractivity (Wildman–Crippen MR) is 53.2 cm³/mol. The van der Waals surface area contributed by atoms with Gasteiger partial charge < -0.3 is 5.11 Å². The van der Waals surface area contributed by atoms with Gasteiger partial charge in [-0.15, -0.1) is 0 Å². The van der Waals surface area contributed by atoms with Crippen LogP contribution in [0.15, 0.2) is 0 Å². The van der Waals surface area contributed by atoms with Gasteiger partial charge in [-0.25, -0.2) is 0 Å². The second kappa shape index (κ2) is 3.43. The van der Waals surface area contributed by atoms with Crippen LogP contribution in [0.1, 0.15) is 32.1 Å². The van der Waals surface area contributed by atoms with Crippen molar-refractivity contribution in [3.8, 4) is 0 Å². The maximum atomic E-state index is 9.53. The number of aliphatic hydroxyl groups excluding tert-OH is 1. The van der Waals surface area contributed by atoms with Crippen LogP contribution in [0.4, 0.5) is 0 Å². The van der Waals surface area contributed by atoms with Gasteiger partial charge in [0.2, 0.25) is 0 Å². The molecule has 0 saturated heterocycles. The number of fused-ring (bicyclic) bond motifs is 2. The zero-order valence-electron chi connectivity index (χ0n) is 7.28. The first kappa shape index (κ1) is 8.64. The molecule has 2 rings (SSSR count). The van der Waals surface area contributed by atoms with E-state index in [2.05, 4.69) is 0 Å². The molecule has 4 unspecified atom stereocenters. The lowest BCUT2D eigenvalue weighted by Crippen LogP contribution is -2.21. The van der Waals surface area contributed by atoms with E-state index < -0.39 is 0 Å². The molecular formula is C10H16OS. The first-order chi connectivity index (χ1) is 5.81. The van der Waals surface area contributed by atoms with Gasteiger partial charge in [-0.3, -0.25) is 0 Å². The van der Waals surface area contributed by atoms with Crippen LogP contribution in [0.5, 0.6) is 0 Å². The van der Waals surface area contributed by atoms with Crippen LogP contribution in [0.25, 0.3) is 0 Å². The van der Waals surface area contributed by atoms with E-state index in [-0.39, 0.29) is 6.10 Å². The van der Waals surface area contributed by atoms with Crippen LogP contribution in [-0.2, 0) is 0 Å². The second-order valence-electron chi connectivity index (χ2n) is 4.30. The smallest absolute Gasteiger partial charge is 0.0571 e. The van der Waals surface area contributed by atoms with E-state index in [0.29, 0.717) is 5.92 Å². The quantitative estimate of drug-likeness (QED) is 0.678. The van der Waals surface area contributed by atoms with Gasteiger partial charge in [0.25, 0.3) is 0 Å². The Balaban J connectivity index is 1.85. The Morgan fingerprint density at radius 3 is 2.58 bits per heavy atom. The lowest BCUT2D eigenvalue weighted by Gasteiger charge is -2.24. The van der Waals surface area contributed by atoms with Gasteiger partial charge in [0.1, 0.15) is 0 Å². The maximum absolute atomic E-state index is 9.53. The zero-order chi connectivity index (χ0) is 8.55. The topological polar surface area (TPSA) is 20.2 Å². The Morgan fingerprint density at radius 1 is 1.25 bits per heavy atom. The van der Waals surface area contributed by atoms with E-state index in [1.165, 1.54) is 19.3 Å². The molecule has 1 N–H and O–H groups in total. The molecule has 0 heterocycles. The molecule has 2 saturated carbocycles. The molecule has 12 heavy (non-hydrogen) atoms. The summed E-state index contributed by atoms with van der Waals surface area (Å²) in [6.07, 6.45) is 5.97. The van der Waals surface area contributed by atoms with Gasteiger partial charge in [0, 0.05) is 0 Å². The van der Waals surface area contributed by atoms with Crippen molar-refractivity contribution >= 4 is 17.6 Å². The minimum Gasteiger partial charge on any atom is -0.393 e. The molecule has 2 heteroatoms. The molecule has 0 spiro atoms. The minimum absolute atomic E-state index is 0.0266. The highest BCUT2D eigenvalue weighted by Gasteiger charge is 2.44. The van der Waals surface area contributed by atoms with Gasteiger partial charge >= 0.3 is 0 Å². The third-order valence-corrected chi connectivity index (χ3v) is 3.86. The first-order valence-electron chi connectivity index (χ1n) is 4.93. The lowest BCUT2D eigenvalue weighted by atomic mass is 9.84. The molecule has 4 atom stereocenters. The van der Waals surface area contributed by atoms with Crippen molar-refractivity contribution < 1.29 is 5.11 Å². The van der Waals surface area contributed by atoms with Crippen LogP contribution < -0.4 is 0 Å². The summed E-state index contributed by atoms with van der Waals surface area (Å²) in [4.78, 5) is 0. The fourth-order valence-corrected chi connectivity index (χ4v) is 3.14. The second-order valence-corrected chi connectivity index (χ2v) is 4.63. The molecule has 0 aliphatic heterocycles. The molecule has 2 bridgehead atoms. The zero-order valence-corrected chi connectivity index (χ0v) is 8.09. The number of hydrogen-bond acceptors (Lipinski definition) is 2. The van der Waals surface area contributed by atoms with Crippen LogP contribution >= 0.6 is 12.2 Å². The number of hydrogen-bond donors (Lipinski definition) is 1. The van der Waals surface area contributed by atoms with E-state index in [4.69, 9.17) is 12.2 Å². The molecule has 68 valence electrons. The van der Waals surface area contributed by atoms with E-state index >= 15 is 0 Å². The average molecular weight is 184 g/mol. The average Bonchev–Trinajstić information content (AvgIpc) is 2.58. The molecule has 0 aromatic rings. The standard InChI is InChI=1S/C10H16OS/c11-10-6-8-5-9(10)4-7(8)2-1-3-12/h3,7-11H,1-2,4-6H2. The number of rotatable bonds is 3. The largest absolute Gasteiger partial charge is 0.393 e. The Labute approximate surface area is 79.2 Å². The van der Waals surface area contributed by atoms with Crippen molar-refractivity contribution in [3.05, 3.63) is 0 Å². The number of thiocarbonyl (C=S) groups is 1. The molecule has 0 aromatic heterocycles. The van der Waals surface area contributed by atoms with E-state index in [1.54, 1.807) is 0 Å². The molecule has 2 fully saturated rings. The van der Waals surface area contributed by atoms with Crippen LogP contribution in [-0.4, -0.2) is 16.6 Å². The predicted octanol–water partition coefficient (Wildman–Crippen LogP) is 2.17. The van der Waals surface area contributed by atoms with Gasteiger partial charge in [-0.05, 0) is 55.2 Å². The summed E-state index contributed by atoms with van der Waals surface area (Å²) in [6.45, 7) is 0. The van der Waals surface area contributed by atoms with Crippen LogP contribution in [0.2, 0.25) is 0 Å². The van der Waals surface area contributed by atoms with Gasteiger partial charge in [0.05, 0.1) is 6.10 Å². The molecule has 0 aromatic carbocycles. The van der Waals surface area contributed by atoms with E-state index in [9.17, 15) is 5.11 Å². The normalized spacial score (nSPS) is 45.1. The van der Waals surface area contributed by atoms with Crippen LogP contribution in [0.3, 0.4) is 0 Å². The molecule has 2 aliphatic carbocycles. The molecule has 0 amide bonds. The highest BCUT2D eigenvalue weighted by Crippen LogP contribution is 2.49. The highest BCUT2D eigenvalue weighted by atomic mass is 32.1. The fraction of sp³-hybridized carbons (Fsp3) is 0.900. The van der Waals surface area contributed by atoms with Crippen molar-refractivity contribution in [1.29, 1.82) is 0 Å². The highest BCUT2D eigenvalue weighted by molar-refractivity contribution is 7.78. The molecule has 1 nitrogen and oxygen atoms in total. The van der Waals surface area contributed by atoms with Gasteiger partial charge in [-0.2, -0.15) is 0 Å². The van der Waals surface area contributed by atoms with Crippen LogP contribution in [0, 0.1) is 17.8 Å². The minimum atomic E-state index is 0.0266. The third kappa shape index (κ3) is 1.42. The lowest BCUT2D eigenvalue weighted by molar-refractivity contribution is 0.0937. The maximum Gasteiger partial charge on any atom is 0.0571 e. The van der Waals surface area contributed by atoms with Crippen molar-refractivity contribution in [2.24, 2.45) is 17.8 Å². The Hall–Kier alpha value is 0.0500. The van der Waals surface area contributed by atoms with Gasteiger partial charge in [-0.1, -0.05) is 12.2 Å². The van der Waals surface area contributed by atoms with Crippen molar-refractivity contribution in [3.63, 3.8) is 0 Å². The van der Waals surface area contributed by atoms with E-state index in [1.807, 2.05) is 5.37 Å². The van der Waals surface area contributed by atoms with E-state index in [0.717, 1.165) is 24.7 Å². The summed E-state index contributed by atoms with van der Waals surface area (Å²) in [7, 11) is 0. The Kier molecular flexibility index (Phi) is 2.47.